The first-order valence-electron chi connectivity index (χ1n) is 11.7. The number of rotatable bonds is 7. The highest BCUT2D eigenvalue weighted by Crippen LogP contribution is 2.28. The lowest BCUT2D eigenvalue weighted by molar-refractivity contribution is 0.208. The van der Waals surface area contributed by atoms with Crippen molar-refractivity contribution in [1.82, 2.24) is 25.4 Å². The molecule has 2 saturated carbocycles. The fourth-order valence-corrected chi connectivity index (χ4v) is 4.44. The van der Waals surface area contributed by atoms with Crippen molar-refractivity contribution in [2.24, 2.45) is 12.0 Å². The highest BCUT2D eigenvalue weighted by atomic mass is 16.5. The maximum Gasteiger partial charge on any atom is 0.192 e. The summed E-state index contributed by atoms with van der Waals surface area (Å²) in [4.78, 5) is 4.93. The molecule has 168 valence electrons. The van der Waals surface area contributed by atoms with E-state index in [0.29, 0.717) is 25.2 Å². The molecule has 31 heavy (non-hydrogen) atoms. The Balaban J connectivity index is 1.47. The first kappa shape index (κ1) is 21.7. The van der Waals surface area contributed by atoms with E-state index in [1.165, 1.54) is 44.1 Å². The Bertz CT molecular complexity index is 893. The van der Waals surface area contributed by atoms with Crippen LogP contribution in [-0.4, -0.2) is 32.9 Å². The van der Waals surface area contributed by atoms with Crippen LogP contribution in [0.4, 0.5) is 0 Å². The monoisotopic (exact) mass is 424 g/mol. The van der Waals surface area contributed by atoms with Crippen molar-refractivity contribution in [3.8, 4) is 5.75 Å². The number of nitrogens with zero attached hydrogens (tertiary/aromatic N) is 4. The zero-order valence-electron chi connectivity index (χ0n) is 19.2. The number of ether oxygens (including phenoxy) is 1. The summed E-state index contributed by atoms with van der Waals surface area (Å²) in [5.41, 5.74) is 2.36. The molecule has 7 nitrogen and oxygen atoms in total. The summed E-state index contributed by atoms with van der Waals surface area (Å²) in [5.74, 6) is 3.63. The van der Waals surface area contributed by atoms with Gasteiger partial charge in [0.2, 0.25) is 0 Å². The van der Waals surface area contributed by atoms with Crippen LogP contribution >= 0.6 is 0 Å². The molecule has 2 fully saturated rings. The normalized spacial score (nSPS) is 18.0. The molecule has 2 aliphatic rings. The standard InChI is InChI=1S/C24H36N6O/c1-17-12-13-19(22(14-17)31-21-10-6-7-11-21)15-25-24(27-20-8-4-5-9-20)26-16-23-29-28-18(2)30(23)3/h12-14,20-21H,4-11,15-16H2,1-3H3,(H2,25,26,27). The lowest BCUT2D eigenvalue weighted by atomic mass is 10.1. The number of aliphatic imine (C=N–C) groups is 1. The van der Waals surface area contributed by atoms with E-state index >= 15 is 0 Å². The highest BCUT2D eigenvalue weighted by molar-refractivity contribution is 5.80. The molecule has 0 saturated heterocycles. The topological polar surface area (TPSA) is 76.4 Å². The molecule has 7 heteroatoms. The molecule has 2 aliphatic carbocycles. The highest BCUT2D eigenvalue weighted by Gasteiger charge is 2.19. The quantitative estimate of drug-likeness (QED) is 0.520. The van der Waals surface area contributed by atoms with Gasteiger partial charge in [-0.15, -0.1) is 10.2 Å². The molecular formula is C24H36N6O. The van der Waals surface area contributed by atoms with E-state index < -0.39 is 0 Å². The minimum atomic E-state index is 0.345. The van der Waals surface area contributed by atoms with E-state index in [2.05, 4.69) is 46.0 Å². The molecule has 0 unspecified atom stereocenters. The number of hydrogen-bond acceptors (Lipinski definition) is 4. The van der Waals surface area contributed by atoms with Crippen LogP contribution in [0.3, 0.4) is 0 Å². The van der Waals surface area contributed by atoms with Gasteiger partial charge in [0.05, 0.1) is 19.2 Å². The summed E-state index contributed by atoms with van der Waals surface area (Å²) < 4.78 is 8.38. The van der Waals surface area contributed by atoms with Crippen molar-refractivity contribution >= 4 is 5.96 Å². The maximum atomic E-state index is 6.37. The lowest BCUT2D eigenvalue weighted by Crippen LogP contribution is -2.42. The summed E-state index contributed by atoms with van der Waals surface area (Å²) >= 11 is 0. The summed E-state index contributed by atoms with van der Waals surface area (Å²) in [6, 6.07) is 6.94. The summed E-state index contributed by atoms with van der Waals surface area (Å²) in [6.07, 6.45) is 10.2. The van der Waals surface area contributed by atoms with Crippen molar-refractivity contribution < 1.29 is 4.74 Å². The van der Waals surface area contributed by atoms with Crippen LogP contribution in [0.25, 0.3) is 0 Å². The number of guanidine groups is 1. The van der Waals surface area contributed by atoms with E-state index in [1.807, 2.05) is 18.5 Å². The first-order valence-corrected chi connectivity index (χ1v) is 11.7. The van der Waals surface area contributed by atoms with Crippen LogP contribution in [0.5, 0.6) is 5.75 Å². The van der Waals surface area contributed by atoms with Crippen molar-refractivity contribution in [2.75, 3.05) is 0 Å². The number of hydrogen-bond donors (Lipinski definition) is 2. The average molecular weight is 425 g/mol. The molecular weight excluding hydrogens is 388 g/mol. The van der Waals surface area contributed by atoms with Gasteiger partial charge >= 0.3 is 0 Å². The molecule has 0 radical (unpaired) electrons. The molecule has 2 aromatic rings. The van der Waals surface area contributed by atoms with Crippen LogP contribution in [0, 0.1) is 13.8 Å². The molecule has 1 aromatic heterocycles. The maximum absolute atomic E-state index is 6.37. The number of aryl methyl sites for hydroxylation is 2. The minimum Gasteiger partial charge on any atom is -0.490 e. The van der Waals surface area contributed by atoms with Gasteiger partial charge in [0.1, 0.15) is 11.6 Å². The van der Waals surface area contributed by atoms with Crippen molar-refractivity contribution in [1.29, 1.82) is 0 Å². The van der Waals surface area contributed by atoms with Crippen molar-refractivity contribution in [2.45, 2.75) is 90.4 Å². The molecule has 0 amide bonds. The molecule has 0 aliphatic heterocycles. The van der Waals surface area contributed by atoms with Gasteiger partial charge in [-0.05, 0) is 64.0 Å². The van der Waals surface area contributed by atoms with Crippen molar-refractivity contribution in [3.63, 3.8) is 0 Å². The Hall–Kier alpha value is -2.57. The van der Waals surface area contributed by atoms with E-state index in [4.69, 9.17) is 9.73 Å². The van der Waals surface area contributed by atoms with E-state index in [-0.39, 0.29) is 0 Å². The van der Waals surface area contributed by atoms with E-state index in [1.54, 1.807) is 0 Å². The fourth-order valence-electron chi connectivity index (χ4n) is 4.44. The third kappa shape index (κ3) is 5.77. The van der Waals surface area contributed by atoms with Gasteiger partial charge < -0.3 is 19.9 Å². The predicted molar refractivity (Wildman–Crippen MR) is 123 cm³/mol. The fraction of sp³-hybridized carbons (Fsp3) is 0.625. The van der Waals surface area contributed by atoms with Gasteiger partial charge in [0, 0.05) is 18.7 Å². The van der Waals surface area contributed by atoms with Crippen LogP contribution in [0.1, 0.15) is 74.1 Å². The SMILES string of the molecule is Cc1ccc(CN=C(NCc2nnc(C)n2C)NC2CCCC2)c(OC2CCCC2)c1. The van der Waals surface area contributed by atoms with Gasteiger partial charge in [-0.1, -0.05) is 25.0 Å². The van der Waals surface area contributed by atoms with Gasteiger partial charge in [-0.2, -0.15) is 0 Å². The largest absolute Gasteiger partial charge is 0.490 e. The molecule has 0 spiro atoms. The van der Waals surface area contributed by atoms with Gasteiger partial charge in [-0.3, -0.25) is 0 Å². The Morgan fingerprint density at radius 3 is 2.55 bits per heavy atom. The van der Waals surface area contributed by atoms with Crippen LogP contribution in [0.15, 0.2) is 23.2 Å². The molecule has 1 aromatic carbocycles. The second-order valence-electron chi connectivity index (χ2n) is 9.00. The van der Waals surface area contributed by atoms with Crippen LogP contribution in [-0.2, 0) is 20.1 Å². The molecule has 2 N–H and O–H groups in total. The van der Waals surface area contributed by atoms with Crippen LogP contribution < -0.4 is 15.4 Å². The van der Waals surface area contributed by atoms with E-state index in [0.717, 1.165) is 41.8 Å². The van der Waals surface area contributed by atoms with E-state index in [9.17, 15) is 0 Å². The second-order valence-corrected chi connectivity index (χ2v) is 9.00. The summed E-state index contributed by atoms with van der Waals surface area (Å²) in [6.45, 7) is 5.26. The summed E-state index contributed by atoms with van der Waals surface area (Å²) in [7, 11) is 1.99. The van der Waals surface area contributed by atoms with Gasteiger partial charge in [-0.25, -0.2) is 4.99 Å². The van der Waals surface area contributed by atoms with Gasteiger partial charge in [0.25, 0.3) is 0 Å². The van der Waals surface area contributed by atoms with Gasteiger partial charge in [0.15, 0.2) is 11.8 Å². The number of aromatic nitrogens is 3. The summed E-state index contributed by atoms with van der Waals surface area (Å²) in [5, 5.41) is 15.5. The third-order valence-corrected chi connectivity index (χ3v) is 6.52. The molecule has 0 bridgehead atoms. The zero-order chi connectivity index (χ0) is 21.6. The van der Waals surface area contributed by atoms with Crippen molar-refractivity contribution in [3.05, 3.63) is 41.0 Å². The third-order valence-electron chi connectivity index (χ3n) is 6.52. The smallest absolute Gasteiger partial charge is 0.192 e. The first-order chi connectivity index (χ1) is 15.1. The lowest BCUT2D eigenvalue weighted by Gasteiger charge is -2.19. The molecule has 0 atom stereocenters. The predicted octanol–water partition coefficient (Wildman–Crippen LogP) is 3.93. The van der Waals surface area contributed by atoms with Crippen LogP contribution in [0.2, 0.25) is 0 Å². The average Bonchev–Trinajstić information content (AvgIpc) is 3.51. The minimum absolute atomic E-state index is 0.345. The number of nitrogens with one attached hydrogen (secondary N) is 2. The Morgan fingerprint density at radius 2 is 1.84 bits per heavy atom. The Labute approximate surface area is 185 Å². The Kier molecular flexibility index (Phi) is 7.10. The molecule has 1 heterocycles. The second kappa shape index (κ2) is 10.2. The zero-order valence-corrected chi connectivity index (χ0v) is 19.2. The number of benzene rings is 1. The molecule has 4 rings (SSSR count). The Morgan fingerprint density at radius 1 is 1.10 bits per heavy atom.